The summed E-state index contributed by atoms with van der Waals surface area (Å²) in [4.78, 5) is 14.0. The second-order valence-corrected chi connectivity index (χ2v) is 4.86. The third-order valence-corrected chi connectivity index (χ3v) is 3.24. The van der Waals surface area contributed by atoms with Gasteiger partial charge in [0.25, 0.3) is 5.91 Å². The standard InChI is InChI=1S/C16H18N2O2/c1-11-7-8-13(17)9-14(11)16(20)18(2)10-12-5-3-4-6-15(12)19/h3-9,19H,10,17H2,1-2H3. The molecule has 0 bridgehead atoms. The van der Waals surface area contributed by atoms with Gasteiger partial charge in [-0.3, -0.25) is 4.79 Å². The summed E-state index contributed by atoms with van der Waals surface area (Å²) in [6.45, 7) is 2.22. The normalized spacial score (nSPS) is 10.3. The van der Waals surface area contributed by atoms with Gasteiger partial charge in [-0.15, -0.1) is 0 Å². The van der Waals surface area contributed by atoms with Crippen LogP contribution in [0.1, 0.15) is 21.5 Å². The van der Waals surface area contributed by atoms with Gasteiger partial charge >= 0.3 is 0 Å². The van der Waals surface area contributed by atoms with E-state index in [0.717, 1.165) is 5.56 Å². The summed E-state index contributed by atoms with van der Waals surface area (Å²) in [6, 6.07) is 12.3. The lowest BCUT2D eigenvalue weighted by Crippen LogP contribution is -2.27. The molecule has 0 unspecified atom stereocenters. The van der Waals surface area contributed by atoms with Crippen LogP contribution in [0.5, 0.6) is 5.75 Å². The Morgan fingerprint density at radius 1 is 1.25 bits per heavy atom. The fraction of sp³-hybridized carbons (Fsp3) is 0.188. The highest BCUT2D eigenvalue weighted by Crippen LogP contribution is 2.20. The van der Waals surface area contributed by atoms with E-state index in [1.165, 1.54) is 0 Å². The van der Waals surface area contributed by atoms with Gasteiger partial charge in [0, 0.05) is 30.4 Å². The molecule has 3 N–H and O–H groups in total. The van der Waals surface area contributed by atoms with Crippen LogP contribution in [0.25, 0.3) is 0 Å². The zero-order valence-corrected chi connectivity index (χ0v) is 11.6. The third-order valence-electron chi connectivity index (χ3n) is 3.24. The predicted octanol–water partition coefficient (Wildman–Crippen LogP) is 2.56. The summed E-state index contributed by atoms with van der Waals surface area (Å²) >= 11 is 0. The average molecular weight is 270 g/mol. The Morgan fingerprint density at radius 2 is 1.95 bits per heavy atom. The number of phenolic OH excluding ortho intramolecular Hbond substituents is 1. The van der Waals surface area contributed by atoms with E-state index >= 15 is 0 Å². The maximum Gasteiger partial charge on any atom is 0.254 e. The molecule has 0 fully saturated rings. The molecule has 0 aliphatic rings. The van der Waals surface area contributed by atoms with Crippen LogP contribution in [0.3, 0.4) is 0 Å². The van der Waals surface area contributed by atoms with Gasteiger partial charge in [0.05, 0.1) is 0 Å². The van der Waals surface area contributed by atoms with Gasteiger partial charge < -0.3 is 15.7 Å². The van der Waals surface area contributed by atoms with Crippen LogP contribution >= 0.6 is 0 Å². The lowest BCUT2D eigenvalue weighted by molar-refractivity contribution is 0.0783. The number of anilines is 1. The zero-order valence-electron chi connectivity index (χ0n) is 11.6. The van der Waals surface area contributed by atoms with Crippen molar-refractivity contribution in [2.75, 3.05) is 12.8 Å². The largest absolute Gasteiger partial charge is 0.508 e. The number of carbonyl (C=O) groups excluding carboxylic acids is 1. The summed E-state index contributed by atoms with van der Waals surface area (Å²) in [5.74, 6) is 0.0782. The van der Waals surface area contributed by atoms with Crippen molar-refractivity contribution in [3.63, 3.8) is 0 Å². The van der Waals surface area contributed by atoms with Crippen molar-refractivity contribution in [2.24, 2.45) is 0 Å². The number of amides is 1. The molecule has 0 atom stereocenters. The van der Waals surface area contributed by atoms with Gasteiger partial charge in [0.15, 0.2) is 0 Å². The van der Waals surface area contributed by atoms with Crippen LogP contribution in [0.2, 0.25) is 0 Å². The van der Waals surface area contributed by atoms with Crippen LogP contribution < -0.4 is 5.73 Å². The van der Waals surface area contributed by atoms with E-state index in [9.17, 15) is 9.90 Å². The molecule has 4 heteroatoms. The number of rotatable bonds is 3. The smallest absolute Gasteiger partial charge is 0.254 e. The van der Waals surface area contributed by atoms with Crippen LogP contribution in [-0.2, 0) is 6.54 Å². The molecular formula is C16H18N2O2. The minimum Gasteiger partial charge on any atom is -0.508 e. The molecule has 4 nitrogen and oxygen atoms in total. The Morgan fingerprint density at radius 3 is 2.65 bits per heavy atom. The van der Waals surface area contributed by atoms with Crippen LogP contribution in [0.4, 0.5) is 5.69 Å². The Hall–Kier alpha value is -2.49. The molecule has 2 aromatic carbocycles. The van der Waals surface area contributed by atoms with Gasteiger partial charge in [0.1, 0.15) is 5.75 Å². The number of hydrogen-bond donors (Lipinski definition) is 2. The number of benzene rings is 2. The van der Waals surface area contributed by atoms with E-state index in [4.69, 9.17) is 5.73 Å². The first kappa shape index (κ1) is 13.9. The summed E-state index contributed by atoms with van der Waals surface area (Å²) in [7, 11) is 1.71. The quantitative estimate of drug-likeness (QED) is 0.842. The lowest BCUT2D eigenvalue weighted by atomic mass is 10.1. The molecule has 0 radical (unpaired) electrons. The van der Waals surface area contributed by atoms with Gasteiger partial charge in [-0.1, -0.05) is 24.3 Å². The number of aryl methyl sites for hydroxylation is 1. The Bertz CT molecular complexity index is 638. The highest BCUT2D eigenvalue weighted by Gasteiger charge is 2.15. The molecule has 0 heterocycles. The maximum absolute atomic E-state index is 12.4. The van der Waals surface area contributed by atoms with E-state index < -0.39 is 0 Å². The Balaban J connectivity index is 2.21. The second-order valence-electron chi connectivity index (χ2n) is 4.86. The summed E-state index contributed by atoms with van der Waals surface area (Å²) in [5, 5.41) is 9.75. The number of nitrogens with zero attached hydrogens (tertiary/aromatic N) is 1. The van der Waals surface area contributed by atoms with Crippen molar-refractivity contribution in [1.82, 2.24) is 4.90 Å². The number of phenols is 1. The molecule has 2 rings (SSSR count). The molecule has 0 aliphatic heterocycles. The van der Waals surface area contributed by atoms with Gasteiger partial charge in [0.2, 0.25) is 0 Å². The number of nitrogens with two attached hydrogens (primary N) is 1. The van der Waals surface area contributed by atoms with Crippen molar-refractivity contribution < 1.29 is 9.90 Å². The number of hydrogen-bond acceptors (Lipinski definition) is 3. The molecule has 1 amide bonds. The van der Waals surface area contributed by atoms with Crippen LogP contribution in [0.15, 0.2) is 42.5 Å². The zero-order chi connectivity index (χ0) is 14.7. The lowest BCUT2D eigenvalue weighted by Gasteiger charge is -2.19. The van der Waals surface area contributed by atoms with E-state index in [-0.39, 0.29) is 11.7 Å². The topological polar surface area (TPSA) is 66.6 Å². The molecule has 2 aromatic rings. The van der Waals surface area contributed by atoms with E-state index in [1.807, 2.05) is 19.1 Å². The molecule has 0 saturated heterocycles. The van der Waals surface area contributed by atoms with E-state index in [2.05, 4.69) is 0 Å². The number of aromatic hydroxyl groups is 1. The number of nitrogen functional groups attached to an aromatic ring is 1. The molecule has 20 heavy (non-hydrogen) atoms. The van der Waals surface area contributed by atoms with Crippen molar-refractivity contribution in [1.29, 1.82) is 0 Å². The first-order valence-electron chi connectivity index (χ1n) is 6.37. The minimum atomic E-state index is -0.113. The first-order chi connectivity index (χ1) is 9.49. The molecular weight excluding hydrogens is 252 g/mol. The summed E-state index contributed by atoms with van der Waals surface area (Å²) < 4.78 is 0. The van der Waals surface area contributed by atoms with E-state index in [0.29, 0.717) is 23.4 Å². The fourth-order valence-electron chi connectivity index (χ4n) is 2.05. The second kappa shape index (κ2) is 5.65. The monoisotopic (exact) mass is 270 g/mol. The van der Waals surface area contributed by atoms with Gasteiger partial charge in [-0.2, -0.15) is 0 Å². The van der Waals surface area contributed by atoms with E-state index in [1.54, 1.807) is 42.3 Å². The van der Waals surface area contributed by atoms with Crippen LogP contribution in [-0.4, -0.2) is 23.0 Å². The third kappa shape index (κ3) is 2.91. The van der Waals surface area contributed by atoms with Crippen molar-refractivity contribution in [3.05, 3.63) is 59.2 Å². The number of para-hydroxylation sites is 1. The Kier molecular flexibility index (Phi) is 3.94. The summed E-state index contributed by atoms with van der Waals surface area (Å²) in [6.07, 6.45) is 0. The van der Waals surface area contributed by atoms with Gasteiger partial charge in [-0.25, -0.2) is 0 Å². The van der Waals surface area contributed by atoms with Crippen molar-refractivity contribution in [3.8, 4) is 5.75 Å². The Labute approximate surface area is 118 Å². The van der Waals surface area contributed by atoms with Crippen molar-refractivity contribution in [2.45, 2.75) is 13.5 Å². The highest BCUT2D eigenvalue weighted by molar-refractivity contribution is 5.96. The molecule has 0 aliphatic carbocycles. The molecule has 0 aromatic heterocycles. The molecule has 0 spiro atoms. The minimum absolute atomic E-state index is 0.113. The molecule has 104 valence electrons. The summed E-state index contributed by atoms with van der Waals surface area (Å²) in [5.41, 5.74) is 8.48. The number of carbonyl (C=O) groups is 1. The maximum atomic E-state index is 12.4. The van der Waals surface area contributed by atoms with Gasteiger partial charge in [-0.05, 0) is 30.7 Å². The fourth-order valence-corrected chi connectivity index (χ4v) is 2.05. The SMILES string of the molecule is Cc1ccc(N)cc1C(=O)N(C)Cc1ccccc1O. The van der Waals surface area contributed by atoms with Crippen LogP contribution in [0, 0.1) is 6.92 Å². The average Bonchev–Trinajstić information content (AvgIpc) is 2.43. The highest BCUT2D eigenvalue weighted by atomic mass is 16.3. The van der Waals surface area contributed by atoms with Crippen molar-refractivity contribution >= 4 is 11.6 Å². The first-order valence-corrected chi connectivity index (χ1v) is 6.37. The molecule has 0 saturated carbocycles. The predicted molar refractivity (Wildman–Crippen MR) is 79.5 cm³/mol.